The van der Waals surface area contributed by atoms with E-state index in [0.29, 0.717) is 0 Å². The first-order chi connectivity index (χ1) is 7.52. The summed E-state index contributed by atoms with van der Waals surface area (Å²) in [5.74, 6) is 0. The summed E-state index contributed by atoms with van der Waals surface area (Å²) < 4.78 is 0. The maximum absolute atomic E-state index is 11.7. The van der Waals surface area contributed by atoms with Gasteiger partial charge in [-0.2, -0.15) is 0 Å². The molecule has 3 amide bonds. The van der Waals surface area contributed by atoms with E-state index in [4.69, 9.17) is 5.11 Å². The third-order valence-electron chi connectivity index (χ3n) is 2.78. The lowest BCUT2D eigenvalue weighted by Gasteiger charge is -2.31. The number of rotatable bonds is 2. The molecule has 1 saturated carbocycles. The minimum atomic E-state index is -1.15. The fraction of sp³-hybridized carbons (Fsp3) is 0.818. The van der Waals surface area contributed by atoms with Gasteiger partial charge in [0.15, 0.2) is 0 Å². The number of imide groups is 1. The molecule has 0 aromatic carbocycles. The fourth-order valence-electron chi connectivity index (χ4n) is 2.06. The molecular formula is C11H20N2O3. The summed E-state index contributed by atoms with van der Waals surface area (Å²) in [6, 6.07) is -0.683. The highest BCUT2D eigenvalue weighted by Crippen LogP contribution is 2.22. The molecule has 0 radical (unpaired) electrons. The van der Waals surface area contributed by atoms with Crippen LogP contribution in [0.2, 0.25) is 0 Å². The number of carbonyl (C=O) groups excluding carboxylic acids is 1. The van der Waals surface area contributed by atoms with Gasteiger partial charge in [0.05, 0.1) is 0 Å². The lowest BCUT2D eigenvalue weighted by Crippen LogP contribution is -2.51. The Morgan fingerprint density at radius 2 is 1.81 bits per heavy atom. The molecular weight excluding hydrogens is 208 g/mol. The van der Waals surface area contributed by atoms with Gasteiger partial charge in [0, 0.05) is 12.1 Å². The Balaban J connectivity index is 2.65. The van der Waals surface area contributed by atoms with Gasteiger partial charge in [-0.05, 0) is 26.7 Å². The van der Waals surface area contributed by atoms with E-state index in [1.54, 1.807) is 0 Å². The van der Waals surface area contributed by atoms with Crippen molar-refractivity contribution in [2.45, 2.75) is 58.0 Å². The summed E-state index contributed by atoms with van der Waals surface area (Å²) >= 11 is 0. The van der Waals surface area contributed by atoms with E-state index >= 15 is 0 Å². The Hall–Kier alpha value is -1.26. The van der Waals surface area contributed by atoms with Crippen LogP contribution in [0.15, 0.2) is 0 Å². The van der Waals surface area contributed by atoms with Crippen LogP contribution in [0.5, 0.6) is 0 Å². The van der Waals surface area contributed by atoms with Crippen molar-refractivity contribution >= 4 is 12.1 Å². The standard InChI is InChI=1S/C11H20N2O3/c1-8(2)12-10(14)13(11(15)16)9-6-4-3-5-7-9/h8-9H,3-7H2,1-2H3,(H,12,14)(H,15,16). The molecule has 0 unspecified atom stereocenters. The zero-order valence-corrected chi connectivity index (χ0v) is 9.90. The number of hydrogen-bond acceptors (Lipinski definition) is 2. The molecule has 16 heavy (non-hydrogen) atoms. The van der Waals surface area contributed by atoms with Gasteiger partial charge >= 0.3 is 12.1 Å². The largest absolute Gasteiger partial charge is 0.465 e. The van der Waals surface area contributed by atoms with Gasteiger partial charge in [-0.3, -0.25) is 0 Å². The maximum Gasteiger partial charge on any atom is 0.415 e. The van der Waals surface area contributed by atoms with Gasteiger partial charge < -0.3 is 10.4 Å². The van der Waals surface area contributed by atoms with E-state index in [1.807, 2.05) is 13.8 Å². The normalized spacial score (nSPS) is 17.2. The minimum absolute atomic E-state index is 0.0436. The van der Waals surface area contributed by atoms with Gasteiger partial charge in [0.25, 0.3) is 0 Å². The molecule has 1 fully saturated rings. The van der Waals surface area contributed by atoms with E-state index < -0.39 is 12.1 Å². The number of carbonyl (C=O) groups is 2. The number of hydrogen-bond donors (Lipinski definition) is 2. The highest BCUT2D eigenvalue weighted by Gasteiger charge is 2.30. The number of carboxylic acid groups (broad SMARTS) is 1. The topological polar surface area (TPSA) is 69.6 Å². The Bertz CT molecular complexity index is 260. The van der Waals surface area contributed by atoms with Crippen molar-refractivity contribution in [3.63, 3.8) is 0 Å². The summed E-state index contributed by atoms with van der Waals surface area (Å²) in [5.41, 5.74) is 0. The Morgan fingerprint density at radius 3 is 2.25 bits per heavy atom. The predicted octanol–water partition coefficient (Wildman–Crippen LogP) is 2.42. The SMILES string of the molecule is CC(C)NC(=O)N(C(=O)O)C1CCCCC1. The second-order valence-corrected chi connectivity index (χ2v) is 4.55. The van der Waals surface area contributed by atoms with Crippen LogP contribution in [0.25, 0.3) is 0 Å². The van der Waals surface area contributed by atoms with Crippen LogP contribution in [0.4, 0.5) is 9.59 Å². The minimum Gasteiger partial charge on any atom is -0.465 e. The Morgan fingerprint density at radius 1 is 1.25 bits per heavy atom. The molecule has 0 saturated heterocycles. The first kappa shape index (κ1) is 12.8. The van der Waals surface area contributed by atoms with E-state index in [2.05, 4.69) is 5.32 Å². The van der Waals surface area contributed by atoms with Crippen LogP contribution in [0.1, 0.15) is 46.0 Å². The van der Waals surface area contributed by atoms with Crippen molar-refractivity contribution in [3.8, 4) is 0 Å². The van der Waals surface area contributed by atoms with E-state index in [1.165, 1.54) is 0 Å². The molecule has 1 rings (SSSR count). The molecule has 0 aromatic heterocycles. The van der Waals surface area contributed by atoms with Gasteiger partial charge in [-0.1, -0.05) is 19.3 Å². The number of urea groups is 1. The lowest BCUT2D eigenvalue weighted by atomic mass is 9.94. The van der Waals surface area contributed by atoms with Gasteiger partial charge in [-0.25, -0.2) is 14.5 Å². The predicted molar refractivity (Wildman–Crippen MR) is 60.4 cm³/mol. The van der Waals surface area contributed by atoms with Crippen molar-refractivity contribution in [2.75, 3.05) is 0 Å². The zero-order valence-electron chi connectivity index (χ0n) is 9.90. The highest BCUT2D eigenvalue weighted by molar-refractivity contribution is 5.90. The Kier molecular flexibility index (Phi) is 4.58. The smallest absolute Gasteiger partial charge is 0.415 e. The van der Waals surface area contributed by atoms with E-state index in [9.17, 15) is 9.59 Å². The number of nitrogens with one attached hydrogen (secondary N) is 1. The second kappa shape index (κ2) is 5.72. The first-order valence-electron chi connectivity index (χ1n) is 5.85. The molecule has 5 heteroatoms. The monoisotopic (exact) mass is 228 g/mol. The van der Waals surface area contributed by atoms with Crippen LogP contribution >= 0.6 is 0 Å². The van der Waals surface area contributed by atoms with Crippen molar-refractivity contribution in [2.24, 2.45) is 0 Å². The molecule has 0 bridgehead atoms. The number of nitrogens with zero attached hydrogens (tertiary/aromatic N) is 1. The van der Waals surface area contributed by atoms with Gasteiger partial charge in [-0.15, -0.1) is 0 Å². The quantitative estimate of drug-likeness (QED) is 0.762. The molecule has 0 atom stereocenters. The molecule has 0 heterocycles. The molecule has 2 N–H and O–H groups in total. The lowest BCUT2D eigenvalue weighted by molar-refractivity contribution is 0.120. The van der Waals surface area contributed by atoms with Gasteiger partial charge in [0.2, 0.25) is 0 Å². The number of amides is 3. The van der Waals surface area contributed by atoms with Crippen LogP contribution in [-0.4, -0.2) is 34.2 Å². The molecule has 1 aliphatic rings. The third kappa shape index (κ3) is 3.40. The van der Waals surface area contributed by atoms with Crippen LogP contribution in [0, 0.1) is 0 Å². The molecule has 5 nitrogen and oxygen atoms in total. The van der Waals surface area contributed by atoms with Crippen LogP contribution in [0.3, 0.4) is 0 Å². The summed E-state index contributed by atoms with van der Waals surface area (Å²) in [6.45, 7) is 3.64. The molecule has 0 aromatic rings. The fourth-order valence-corrected chi connectivity index (χ4v) is 2.06. The second-order valence-electron chi connectivity index (χ2n) is 4.55. The van der Waals surface area contributed by atoms with Crippen molar-refractivity contribution in [3.05, 3.63) is 0 Å². The molecule has 0 spiro atoms. The summed E-state index contributed by atoms with van der Waals surface area (Å²) in [4.78, 5) is 23.8. The summed E-state index contributed by atoms with van der Waals surface area (Å²) in [5, 5.41) is 11.7. The highest BCUT2D eigenvalue weighted by atomic mass is 16.4. The van der Waals surface area contributed by atoms with E-state index in [0.717, 1.165) is 37.0 Å². The Labute approximate surface area is 95.8 Å². The van der Waals surface area contributed by atoms with Crippen molar-refractivity contribution in [1.82, 2.24) is 10.2 Å². The van der Waals surface area contributed by atoms with Gasteiger partial charge in [0.1, 0.15) is 0 Å². The van der Waals surface area contributed by atoms with Crippen LogP contribution in [-0.2, 0) is 0 Å². The zero-order chi connectivity index (χ0) is 12.1. The van der Waals surface area contributed by atoms with Crippen molar-refractivity contribution in [1.29, 1.82) is 0 Å². The molecule has 1 aliphatic carbocycles. The van der Waals surface area contributed by atoms with E-state index in [-0.39, 0.29) is 12.1 Å². The van der Waals surface area contributed by atoms with Crippen molar-refractivity contribution < 1.29 is 14.7 Å². The summed E-state index contributed by atoms with van der Waals surface area (Å²) in [7, 11) is 0. The average molecular weight is 228 g/mol. The average Bonchev–Trinajstić information content (AvgIpc) is 2.17. The first-order valence-corrected chi connectivity index (χ1v) is 5.85. The molecule has 92 valence electrons. The maximum atomic E-state index is 11.7. The summed E-state index contributed by atoms with van der Waals surface area (Å²) in [6.07, 6.45) is 3.57. The van der Waals surface area contributed by atoms with Crippen LogP contribution < -0.4 is 5.32 Å². The molecule has 0 aliphatic heterocycles. The third-order valence-corrected chi connectivity index (χ3v) is 2.78.